The summed E-state index contributed by atoms with van der Waals surface area (Å²) in [7, 11) is 0. The molecule has 5 nitrogen and oxygen atoms in total. The number of unbranched alkanes of at least 4 members (excludes halogenated alkanes) is 1. The Morgan fingerprint density at radius 1 is 1.04 bits per heavy atom. The van der Waals surface area contributed by atoms with Crippen LogP contribution in [-0.2, 0) is 4.79 Å². The Labute approximate surface area is 162 Å². The molecular formula is C20H22BrN3O2. The molecule has 0 heterocycles. The van der Waals surface area contributed by atoms with Gasteiger partial charge in [-0.05, 0) is 46.5 Å². The number of hydrogen-bond donors (Lipinski definition) is 2. The van der Waals surface area contributed by atoms with Gasteiger partial charge in [0, 0.05) is 4.47 Å². The number of nitrogens with one attached hydrogen (secondary N) is 2. The smallest absolute Gasteiger partial charge is 0.259 e. The number of hydrazone groups is 1. The lowest BCUT2D eigenvalue weighted by molar-refractivity contribution is -0.120. The van der Waals surface area contributed by atoms with Crippen molar-refractivity contribution < 1.29 is 9.59 Å². The number of halogens is 1. The van der Waals surface area contributed by atoms with Crippen molar-refractivity contribution in [3.63, 3.8) is 0 Å². The van der Waals surface area contributed by atoms with Gasteiger partial charge in [0.25, 0.3) is 11.8 Å². The molecule has 136 valence electrons. The Hall–Kier alpha value is -2.47. The van der Waals surface area contributed by atoms with Gasteiger partial charge < -0.3 is 5.32 Å². The van der Waals surface area contributed by atoms with Crippen LogP contribution in [0.1, 0.15) is 42.1 Å². The van der Waals surface area contributed by atoms with Gasteiger partial charge in [-0.1, -0.05) is 55.8 Å². The number of hydrogen-bond acceptors (Lipinski definition) is 3. The van der Waals surface area contributed by atoms with Gasteiger partial charge in [0.2, 0.25) is 0 Å². The second-order valence-electron chi connectivity index (χ2n) is 5.73. The molecule has 0 saturated carbocycles. The zero-order valence-electron chi connectivity index (χ0n) is 14.7. The molecule has 2 amide bonds. The highest BCUT2D eigenvalue weighted by molar-refractivity contribution is 9.10. The molecule has 2 N–H and O–H groups in total. The molecule has 0 bridgehead atoms. The van der Waals surface area contributed by atoms with Crippen LogP contribution in [0.25, 0.3) is 0 Å². The first-order valence-electron chi connectivity index (χ1n) is 8.55. The van der Waals surface area contributed by atoms with E-state index in [-0.39, 0.29) is 18.4 Å². The van der Waals surface area contributed by atoms with E-state index in [2.05, 4.69) is 38.7 Å². The average molecular weight is 416 g/mol. The van der Waals surface area contributed by atoms with Gasteiger partial charge >= 0.3 is 0 Å². The summed E-state index contributed by atoms with van der Waals surface area (Å²) in [5.74, 6) is -0.679. The van der Waals surface area contributed by atoms with Crippen molar-refractivity contribution in [1.82, 2.24) is 10.7 Å². The highest BCUT2D eigenvalue weighted by atomic mass is 79.9. The Balaban J connectivity index is 1.93. The second-order valence-corrected chi connectivity index (χ2v) is 6.58. The predicted molar refractivity (Wildman–Crippen MR) is 107 cm³/mol. The van der Waals surface area contributed by atoms with E-state index in [1.165, 1.54) is 0 Å². The SMILES string of the molecule is CCCC/C(=N\NC(=O)CNC(=O)c1ccccc1Br)c1ccccc1. The molecule has 0 aliphatic carbocycles. The molecule has 0 fully saturated rings. The highest BCUT2D eigenvalue weighted by Crippen LogP contribution is 2.15. The third kappa shape index (κ3) is 6.11. The van der Waals surface area contributed by atoms with Gasteiger partial charge in [-0.2, -0.15) is 5.10 Å². The maximum Gasteiger partial charge on any atom is 0.259 e. The van der Waals surface area contributed by atoms with Gasteiger partial charge in [-0.15, -0.1) is 0 Å². The quantitative estimate of drug-likeness (QED) is 0.506. The third-order valence-corrected chi connectivity index (χ3v) is 4.41. The number of carbonyl (C=O) groups excluding carboxylic acids is 2. The third-order valence-electron chi connectivity index (χ3n) is 3.72. The van der Waals surface area contributed by atoms with Crippen molar-refractivity contribution in [1.29, 1.82) is 0 Å². The number of carbonyl (C=O) groups is 2. The zero-order valence-corrected chi connectivity index (χ0v) is 16.3. The first-order valence-corrected chi connectivity index (χ1v) is 9.34. The van der Waals surface area contributed by atoms with E-state index in [1.807, 2.05) is 36.4 Å². The molecule has 0 unspecified atom stereocenters. The maximum atomic E-state index is 12.1. The first-order chi connectivity index (χ1) is 12.6. The lowest BCUT2D eigenvalue weighted by atomic mass is 10.1. The highest BCUT2D eigenvalue weighted by Gasteiger charge is 2.11. The number of amides is 2. The van der Waals surface area contributed by atoms with Crippen LogP contribution < -0.4 is 10.7 Å². The fourth-order valence-electron chi connectivity index (χ4n) is 2.31. The second kappa shape index (κ2) is 10.5. The fourth-order valence-corrected chi connectivity index (χ4v) is 2.77. The molecular weight excluding hydrogens is 394 g/mol. The van der Waals surface area contributed by atoms with Crippen molar-refractivity contribution >= 4 is 33.5 Å². The van der Waals surface area contributed by atoms with Crippen LogP contribution >= 0.6 is 15.9 Å². The lowest BCUT2D eigenvalue weighted by Gasteiger charge is -2.08. The molecule has 0 aromatic heterocycles. The summed E-state index contributed by atoms with van der Waals surface area (Å²) in [4.78, 5) is 24.1. The van der Waals surface area contributed by atoms with E-state index < -0.39 is 0 Å². The first kappa shape index (κ1) is 19.8. The molecule has 2 aromatic rings. The van der Waals surface area contributed by atoms with E-state index in [0.29, 0.717) is 10.0 Å². The van der Waals surface area contributed by atoms with Crippen LogP contribution in [0.2, 0.25) is 0 Å². The number of nitrogens with zero attached hydrogens (tertiary/aromatic N) is 1. The van der Waals surface area contributed by atoms with Crippen LogP contribution in [0.4, 0.5) is 0 Å². The van der Waals surface area contributed by atoms with Crippen LogP contribution in [0, 0.1) is 0 Å². The minimum atomic E-state index is -0.365. The fraction of sp³-hybridized carbons (Fsp3) is 0.250. The van der Waals surface area contributed by atoms with Gasteiger partial charge in [0.05, 0.1) is 17.8 Å². The average Bonchev–Trinajstić information content (AvgIpc) is 2.67. The van der Waals surface area contributed by atoms with E-state index in [9.17, 15) is 9.59 Å². The number of benzene rings is 2. The Kier molecular flexibility index (Phi) is 8.02. The van der Waals surface area contributed by atoms with E-state index in [1.54, 1.807) is 18.2 Å². The summed E-state index contributed by atoms with van der Waals surface area (Å²) in [6, 6.07) is 16.8. The van der Waals surface area contributed by atoms with Gasteiger partial charge in [-0.3, -0.25) is 9.59 Å². The van der Waals surface area contributed by atoms with Gasteiger partial charge in [-0.25, -0.2) is 5.43 Å². The van der Waals surface area contributed by atoms with Crippen molar-refractivity contribution in [2.75, 3.05) is 6.54 Å². The largest absolute Gasteiger partial charge is 0.343 e. The van der Waals surface area contributed by atoms with Crippen molar-refractivity contribution in [3.05, 3.63) is 70.2 Å². The monoisotopic (exact) mass is 415 g/mol. The standard InChI is InChI=1S/C20H22BrN3O2/c1-2-3-13-18(15-9-5-4-6-10-15)23-24-19(25)14-22-20(26)16-11-7-8-12-17(16)21/h4-12H,2-3,13-14H2,1H3,(H,22,26)(H,24,25)/b23-18+. The molecule has 0 aliphatic rings. The molecule has 26 heavy (non-hydrogen) atoms. The minimum Gasteiger partial charge on any atom is -0.343 e. The minimum absolute atomic E-state index is 0.139. The summed E-state index contributed by atoms with van der Waals surface area (Å²) in [5, 5.41) is 6.85. The summed E-state index contributed by atoms with van der Waals surface area (Å²) in [5.41, 5.74) is 4.83. The number of rotatable bonds is 8. The normalized spacial score (nSPS) is 11.1. The summed E-state index contributed by atoms with van der Waals surface area (Å²) >= 11 is 3.32. The topological polar surface area (TPSA) is 70.6 Å². The van der Waals surface area contributed by atoms with Gasteiger partial charge in [0.1, 0.15) is 0 Å². The summed E-state index contributed by atoms with van der Waals surface area (Å²) in [6.45, 7) is 1.97. The van der Waals surface area contributed by atoms with Crippen molar-refractivity contribution in [2.45, 2.75) is 26.2 Å². The Morgan fingerprint density at radius 3 is 2.42 bits per heavy atom. The summed E-state index contributed by atoms with van der Waals surface area (Å²) < 4.78 is 0.682. The van der Waals surface area contributed by atoms with Crippen molar-refractivity contribution in [2.24, 2.45) is 5.10 Å². The maximum absolute atomic E-state index is 12.1. The predicted octanol–water partition coefficient (Wildman–Crippen LogP) is 3.89. The Morgan fingerprint density at radius 2 is 1.73 bits per heavy atom. The molecule has 2 aromatic carbocycles. The van der Waals surface area contributed by atoms with Crippen LogP contribution in [0.5, 0.6) is 0 Å². The molecule has 6 heteroatoms. The zero-order chi connectivity index (χ0) is 18.8. The molecule has 2 rings (SSSR count). The molecule has 0 aliphatic heterocycles. The lowest BCUT2D eigenvalue weighted by Crippen LogP contribution is -2.35. The summed E-state index contributed by atoms with van der Waals surface area (Å²) in [6.07, 6.45) is 2.81. The molecule has 0 radical (unpaired) electrons. The van der Waals surface area contributed by atoms with E-state index in [0.717, 1.165) is 30.5 Å². The molecule has 0 atom stereocenters. The van der Waals surface area contributed by atoms with Crippen LogP contribution in [0.15, 0.2) is 64.2 Å². The van der Waals surface area contributed by atoms with Crippen LogP contribution in [-0.4, -0.2) is 24.1 Å². The van der Waals surface area contributed by atoms with Crippen LogP contribution in [0.3, 0.4) is 0 Å². The van der Waals surface area contributed by atoms with E-state index in [4.69, 9.17) is 0 Å². The van der Waals surface area contributed by atoms with Gasteiger partial charge in [0.15, 0.2) is 0 Å². The Bertz CT molecular complexity index is 776. The van der Waals surface area contributed by atoms with E-state index >= 15 is 0 Å². The molecule has 0 spiro atoms. The molecule has 0 saturated heterocycles. The van der Waals surface area contributed by atoms with Crippen molar-refractivity contribution in [3.8, 4) is 0 Å².